The largest absolute Gasteiger partial charge is 0.759 e. The molecule has 0 spiro atoms. The van der Waals surface area contributed by atoms with E-state index in [0.29, 0.717) is 12.8 Å². The molecule has 2 N–H and O–H groups in total. The second-order valence-corrected chi connectivity index (χ2v) is 21.9. The first-order valence-electron chi connectivity index (χ1n) is 30.4. The van der Waals surface area contributed by atoms with Crippen LogP contribution in [0, 0.1) is 0 Å². The van der Waals surface area contributed by atoms with Crippen molar-refractivity contribution in [2.24, 2.45) is 0 Å². The second-order valence-electron chi connectivity index (χ2n) is 21.1. The first-order chi connectivity index (χ1) is 34.3. The minimum Gasteiger partial charge on any atom is -0.759 e. The highest BCUT2D eigenvalue weighted by molar-refractivity contribution is 7.79. The van der Waals surface area contributed by atoms with Gasteiger partial charge in [-0.25, -0.2) is 0 Å². The Kier molecular flexibility index (Phi) is 57.9. The standard InChI is InChI=1S/2C30H60N2O.H2O4S/c2*1-5-9-11-13-14-15-16-17-18-19-20-21-22-25-30(33)31-26-24-29-32(8-4,27-7-3)28-23-12-10-6-2;1-5(2,3)4/h2*7H,3,5-6,8-29H2,1-2,4H3;(H2,1,2,3,4). The topological polar surface area (TPSA) is 138 Å². The SMILES string of the molecule is C=CC[N+](CC)(CCCCCC)CCCNC(=O)CCCCCCCCCCCCCCC.C=CC[N+](CC)(CCCCCC)CCCNC(=O)CCCCCCCCCCCCCCC.O=S(=O)([O-])[O-]. The number of nitrogens with one attached hydrogen (secondary N) is 2. The molecule has 0 aromatic rings. The fourth-order valence-corrected chi connectivity index (χ4v) is 9.84. The van der Waals surface area contributed by atoms with Gasteiger partial charge in [-0.05, 0) is 64.5 Å². The van der Waals surface area contributed by atoms with Gasteiger partial charge in [0.2, 0.25) is 11.8 Å². The normalized spacial score (nSPS) is 13.0. The van der Waals surface area contributed by atoms with Gasteiger partial charge in [-0.1, -0.05) is 221 Å². The second kappa shape index (κ2) is 55.9. The van der Waals surface area contributed by atoms with E-state index in [9.17, 15) is 9.59 Å². The number of nitrogens with zero attached hydrogens (tertiary/aromatic N) is 2. The van der Waals surface area contributed by atoms with E-state index in [0.717, 1.165) is 87.0 Å². The van der Waals surface area contributed by atoms with Crippen LogP contribution in [0.15, 0.2) is 25.3 Å². The van der Waals surface area contributed by atoms with Gasteiger partial charge in [-0.2, -0.15) is 0 Å². The zero-order valence-electron chi connectivity index (χ0n) is 48.3. The van der Waals surface area contributed by atoms with Crippen molar-refractivity contribution in [3.8, 4) is 0 Å². The molecule has 2 atom stereocenters. The van der Waals surface area contributed by atoms with Gasteiger partial charge < -0.3 is 28.7 Å². The number of quaternary nitrogens is 2. The summed E-state index contributed by atoms with van der Waals surface area (Å²) >= 11 is 0. The Morgan fingerprint density at radius 3 is 0.817 bits per heavy atom. The maximum atomic E-state index is 12.2. The van der Waals surface area contributed by atoms with Crippen molar-refractivity contribution in [2.75, 3.05) is 65.4 Å². The molecule has 0 saturated heterocycles. The lowest BCUT2D eigenvalue weighted by molar-refractivity contribution is -0.921. The van der Waals surface area contributed by atoms with Crippen LogP contribution in [-0.4, -0.2) is 104 Å². The van der Waals surface area contributed by atoms with Crippen LogP contribution in [0.5, 0.6) is 0 Å². The highest BCUT2D eigenvalue weighted by Gasteiger charge is 2.24. The molecule has 0 aliphatic rings. The Labute approximate surface area is 443 Å². The van der Waals surface area contributed by atoms with E-state index in [-0.39, 0.29) is 11.8 Å². The van der Waals surface area contributed by atoms with Crippen molar-refractivity contribution >= 4 is 22.2 Å². The predicted octanol–water partition coefficient (Wildman–Crippen LogP) is 15.8. The quantitative estimate of drug-likeness (QED) is 0.0205. The molecule has 71 heavy (non-hydrogen) atoms. The van der Waals surface area contributed by atoms with E-state index in [1.807, 2.05) is 0 Å². The van der Waals surface area contributed by atoms with E-state index in [1.165, 1.54) is 219 Å². The first-order valence-corrected chi connectivity index (χ1v) is 31.7. The minimum atomic E-state index is -5.17. The number of amides is 2. The van der Waals surface area contributed by atoms with E-state index in [1.54, 1.807) is 0 Å². The molecule has 0 saturated carbocycles. The average Bonchev–Trinajstić information content (AvgIpc) is 3.34. The van der Waals surface area contributed by atoms with Crippen LogP contribution >= 0.6 is 0 Å². The Morgan fingerprint density at radius 2 is 0.592 bits per heavy atom. The molecular weight excluding hydrogens is 905 g/mol. The smallest absolute Gasteiger partial charge is 0.219 e. The number of unbranched alkanes of at least 4 members (excludes halogenated alkanes) is 30. The van der Waals surface area contributed by atoms with E-state index >= 15 is 0 Å². The van der Waals surface area contributed by atoms with Crippen molar-refractivity contribution in [3.63, 3.8) is 0 Å². The van der Waals surface area contributed by atoms with Crippen molar-refractivity contribution in [3.05, 3.63) is 25.3 Å². The summed E-state index contributed by atoms with van der Waals surface area (Å²) in [6.07, 6.45) is 53.3. The van der Waals surface area contributed by atoms with E-state index in [4.69, 9.17) is 17.5 Å². The fourth-order valence-electron chi connectivity index (χ4n) is 9.84. The third kappa shape index (κ3) is 57.3. The van der Waals surface area contributed by atoms with Gasteiger partial charge in [0.05, 0.1) is 52.4 Å². The number of carbonyl (C=O) groups is 2. The maximum absolute atomic E-state index is 12.2. The highest BCUT2D eigenvalue weighted by Crippen LogP contribution is 2.17. The van der Waals surface area contributed by atoms with Crippen LogP contribution < -0.4 is 10.6 Å². The zero-order valence-corrected chi connectivity index (χ0v) is 49.1. The summed E-state index contributed by atoms with van der Waals surface area (Å²) in [5.74, 6) is 0.499. The van der Waals surface area contributed by atoms with Crippen LogP contribution in [0.4, 0.5) is 0 Å². The summed E-state index contributed by atoms with van der Waals surface area (Å²) in [5.41, 5.74) is 0. The summed E-state index contributed by atoms with van der Waals surface area (Å²) in [7, 11) is -5.17. The summed E-state index contributed by atoms with van der Waals surface area (Å²) in [5, 5.41) is 6.33. The lowest BCUT2D eigenvalue weighted by Gasteiger charge is -2.37. The average molecular weight is 1030 g/mol. The number of carbonyl (C=O) groups excluding carboxylic acids is 2. The van der Waals surface area contributed by atoms with Gasteiger partial charge in [0.15, 0.2) is 0 Å². The Morgan fingerprint density at radius 1 is 0.380 bits per heavy atom. The molecule has 0 heterocycles. The summed E-state index contributed by atoms with van der Waals surface area (Å²) in [6, 6.07) is 0. The summed E-state index contributed by atoms with van der Waals surface area (Å²) in [6.45, 7) is 32.5. The zero-order chi connectivity index (χ0) is 53.4. The summed E-state index contributed by atoms with van der Waals surface area (Å²) in [4.78, 5) is 24.4. The van der Waals surface area contributed by atoms with E-state index in [2.05, 4.69) is 77.5 Å². The molecule has 0 fully saturated rings. The van der Waals surface area contributed by atoms with Crippen molar-refractivity contribution < 1.29 is 36.1 Å². The first kappa shape index (κ1) is 73.5. The van der Waals surface area contributed by atoms with Crippen LogP contribution in [-0.2, 0) is 20.0 Å². The third-order valence-electron chi connectivity index (χ3n) is 14.6. The van der Waals surface area contributed by atoms with Crippen molar-refractivity contribution in [1.29, 1.82) is 0 Å². The molecular formula is C60H122N4O6S. The van der Waals surface area contributed by atoms with Crippen molar-refractivity contribution in [1.82, 2.24) is 10.6 Å². The third-order valence-corrected chi connectivity index (χ3v) is 14.6. The maximum Gasteiger partial charge on any atom is 0.219 e. The molecule has 0 radical (unpaired) electrons. The number of rotatable bonds is 52. The molecule has 0 bridgehead atoms. The number of likely N-dealkylation sites (N-methyl/N-ethyl adjacent to an activating group) is 2. The number of hydrogen-bond donors (Lipinski definition) is 2. The highest BCUT2D eigenvalue weighted by atomic mass is 32.3. The molecule has 0 aromatic heterocycles. The van der Waals surface area contributed by atoms with Crippen LogP contribution in [0.1, 0.15) is 286 Å². The van der Waals surface area contributed by atoms with Crippen LogP contribution in [0.3, 0.4) is 0 Å². The van der Waals surface area contributed by atoms with Gasteiger partial charge in [0.25, 0.3) is 0 Å². The lowest BCUT2D eigenvalue weighted by atomic mass is 10.0. The van der Waals surface area contributed by atoms with E-state index < -0.39 is 10.4 Å². The molecule has 2 amide bonds. The Hall–Kier alpha value is -1.79. The molecule has 0 aliphatic heterocycles. The molecule has 2 unspecified atom stereocenters. The Bertz CT molecular complexity index is 1180. The molecule has 0 aliphatic carbocycles. The lowest BCUT2D eigenvalue weighted by Crippen LogP contribution is -2.50. The van der Waals surface area contributed by atoms with Gasteiger partial charge in [0, 0.05) is 49.2 Å². The van der Waals surface area contributed by atoms with Gasteiger partial charge >= 0.3 is 0 Å². The minimum absolute atomic E-state index is 0.249. The van der Waals surface area contributed by atoms with Gasteiger partial charge in [-0.15, -0.1) is 0 Å². The van der Waals surface area contributed by atoms with Crippen LogP contribution in [0.25, 0.3) is 0 Å². The number of hydrogen-bond acceptors (Lipinski definition) is 6. The summed E-state index contributed by atoms with van der Waals surface area (Å²) < 4.78 is 36.3. The molecule has 0 aromatic carbocycles. The fraction of sp³-hybridized carbons (Fsp3) is 0.900. The van der Waals surface area contributed by atoms with Gasteiger partial charge in [-0.3, -0.25) is 18.0 Å². The Balaban J connectivity index is -0.00000119. The molecule has 11 heteroatoms. The molecule has 10 nitrogen and oxygen atoms in total. The molecule has 424 valence electrons. The predicted molar refractivity (Wildman–Crippen MR) is 306 cm³/mol. The van der Waals surface area contributed by atoms with Crippen LogP contribution in [0.2, 0.25) is 0 Å². The van der Waals surface area contributed by atoms with Crippen molar-refractivity contribution in [2.45, 2.75) is 286 Å². The molecule has 0 rings (SSSR count). The van der Waals surface area contributed by atoms with Gasteiger partial charge in [0.1, 0.15) is 0 Å². The monoisotopic (exact) mass is 1030 g/mol.